The average molecular weight is 412 g/mol. The molecular weight excluding hydrogens is 382 g/mol. The first-order valence-electron chi connectivity index (χ1n) is 10.7. The highest BCUT2D eigenvalue weighted by Gasteiger charge is 2.29. The zero-order chi connectivity index (χ0) is 21.8. The maximum atomic E-state index is 13.3. The summed E-state index contributed by atoms with van der Waals surface area (Å²) in [6.45, 7) is 1.59. The summed E-state index contributed by atoms with van der Waals surface area (Å²) in [5.41, 5.74) is 5.24. The Morgan fingerprint density at radius 1 is 0.871 bits per heavy atom. The van der Waals surface area contributed by atoms with E-state index in [2.05, 4.69) is 95.6 Å². The molecule has 0 radical (unpaired) electrons. The second-order valence-corrected chi connectivity index (χ2v) is 8.07. The van der Waals surface area contributed by atoms with Crippen LogP contribution in [0.3, 0.4) is 0 Å². The first kappa shape index (κ1) is 20.9. The number of carbonyl (C=O) groups excluding carboxylic acids is 1. The minimum atomic E-state index is -0.0539. The number of hydrogen-bond acceptors (Lipinski definition) is 2. The molecular formula is C27H29N3O. The molecule has 4 heteroatoms. The van der Waals surface area contributed by atoms with E-state index in [1.165, 1.54) is 11.1 Å². The van der Waals surface area contributed by atoms with Crippen molar-refractivity contribution in [3.63, 3.8) is 0 Å². The molecule has 0 aliphatic carbocycles. The highest BCUT2D eigenvalue weighted by Crippen LogP contribution is 2.40. The lowest BCUT2D eigenvalue weighted by molar-refractivity contribution is 0.0952. The first-order valence-corrected chi connectivity index (χ1v) is 10.7. The van der Waals surface area contributed by atoms with Crippen molar-refractivity contribution in [1.29, 1.82) is 0 Å². The molecule has 1 heterocycles. The van der Waals surface area contributed by atoms with Crippen LogP contribution in [0, 0.1) is 0 Å². The molecule has 4 nitrogen and oxygen atoms in total. The Bertz CT molecular complexity index is 1120. The number of nitrogens with one attached hydrogen (secondary N) is 1. The number of hydrogen-bond donors (Lipinski definition) is 1. The summed E-state index contributed by atoms with van der Waals surface area (Å²) in [5, 5.41) is 4.02. The minimum Gasteiger partial charge on any atom is -0.354 e. The summed E-state index contributed by atoms with van der Waals surface area (Å²) in [6.07, 6.45) is 0. The van der Waals surface area contributed by atoms with Gasteiger partial charge < -0.3 is 14.8 Å². The van der Waals surface area contributed by atoms with Gasteiger partial charge in [0.2, 0.25) is 0 Å². The molecule has 4 rings (SSSR count). The Labute approximate surface area is 184 Å². The summed E-state index contributed by atoms with van der Waals surface area (Å²) >= 11 is 0. The van der Waals surface area contributed by atoms with Gasteiger partial charge in [-0.25, -0.2) is 0 Å². The van der Waals surface area contributed by atoms with Crippen LogP contribution < -0.4 is 5.32 Å². The number of likely N-dealkylation sites (N-methyl/N-ethyl adjacent to an activating group) is 1. The van der Waals surface area contributed by atoms with Crippen molar-refractivity contribution in [2.24, 2.45) is 0 Å². The molecule has 0 aliphatic heterocycles. The zero-order valence-corrected chi connectivity index (χ0v) is 18.4. The van der Waals surface area contributed by atoms with Gasteiger partial charge in [-0.1, -0.05) is 78.9 Å². The number of fused-ring (bicyclic) bond motifs is 1. The van der Waals surface area contributed by atoms with Gasteiger partial charge in [0.05, 0.1) is 0 Å². The monoisotopic (exact) mass is 411 g/mol. The van der Waals surface area contributed by atoms with Crippen molar-refractivity contribution in [2.75, 3.05) is 27.7 Å². The van der Waals surface area contributed by atoms with Gasteiger partial charge >= 0.3 is 0 Å². The summed E-state index contributed by atoms with van der Waals surface area (Å²) < 4.78 is 2.18. The van der Waals surface area contributed by atoms with Gasteiger partial charge in [0.1, 0.15) is 5.69 Å². The van der Waals surface area contributed by atoms with E-state index in [4.69, 9.17) is 0 Å². The van der Waals surface area contributed by atoms with Crippen LogP contribution >= 0.6 is 0 Å². The van der Waals surface area contributed by atoms with Crippen LogP contribution in [-0.2, 0) is 6.54 Å². The maximum Gasteiger partial charge on any atom is 0.268 e. The molecule has 0 spiro atoms. The number of benzene rings is 3. The molecule has 158 valence electrons. The molecule has 1 N–H and O–H groups in total. The predicted molar refractivity (Wildman–Crippen MR) is 128 cm³/mol. The molecule has 0 unspecified atom stereocenters. The second kappa shape index (κ2) is 9.19. The Balaban J connectivity index is 2.05. The van der Waals surface area contributed by atoms with Gasteiger partial charge in [0.15, 0.2) is 0 Å². The number of para-hydroxylation sites is 1. The Morgan fingerprint density at radius 2 is 1.42 bits per heavy atom. The van der Waals surface area contributed by atoms with Crippen molar-refractivity contribution in [2.45, 2.75) is 12.5 Å². The Hall–Kier alpha value is -3.37. The van der Waals surface area contributed by atoms with E-state index in [9.17, 15) is 4.79 Å². The third kappa shape index (κ3) is 4.12. The molecule has 0 saturated carbocycles. The van der Waals surface area contributed by atoms with E-state index < -0.39 is 0 Å². The molecule has 31 heavy (non-hydrogen) atoms. The maximum absolute atomic E-state index is 13.3. The topological polar surface area (TPSA) is 37.3 Å². The van der Waals surface area contributed by atoms with Crippen molar-refractivity contribution >= 4 is 16.8 Å². The van der Waals surface area contributed by atoms with Crippen LogP contribution in [0.2, 0.25) is 0 Å². The molecule has 1 amide bonds. The predicted octanol–water partition coefficient (Wildman–Crippen LogP) is 4.74. The molecule has 0 bridgehead atoms. The van der Waals surface area contributed by atoms with Gasteiger partial charge in [-0.2, -0.15) is 0 Å². The van der Waals surface area contributed by atoms with Gasteiger partial charge in [-0.05, 0) is 31.3 Å². The van der Waals surface area contributed by atoms with Crippen LogP contribution in [0.15, 0.2) is 84.9 Å². The van der Waals surface area contributed by atoms with E-state index in [0.29, 0.717) is 0 Å². The molecule has 4 aromatic rings. The number of rotatable bonds is 7. The van der Waals surface area contributed by atoms with Crippen molar-refractivity contribution < 1.29 is 4.79 Å². The van der Waals surface area contributed by atoms with Crippen LogP contribution in [-0.4, -0.2) is 43.1 Å². The van der Waals surface area contributed by atoms with Crippen LogP contribution in [0.1, 0.15) is 33.1 Å². The first-order chi connectivity index (χ1) is 15.1. The summed E-state index contributed by atoms with van der Waals surface area (Å²) in [7, 11) is 5.83. The van der Waals surface area contributed by atoms with Crippen LogP contribution in [0.5, 0.6) is 0 Å². The molecule has 3 aromatic carbocycles. The third-order valence-electron chi connectivity index (χ3n) is 5.78. The van der Waals surface area contributed by atoms with E-state index in [0.717, 1.165) is 35.2 Å². The van der Waals surface area contributed by atoms with Crippen LogP contribution in [0.25, 0.3) is 10.9 Å². The number of aromatic nitrogens is 1. The summed E-state index contributed by atoms with van der Waals surface area (Å²) in [6, 6.07) is 29.3. The molecule has 1 aromatic heterocycles. The summed E-state index contributed by atoms with van der Waals surface area (Å²) in [5.74, 6) is -0.0953. The Kier molecular flexibility index (Phi) is 6.19. The van der Waals surface area contributed by atoms with Crippen LogP contribution in [0.4, 0.5) is 0 Å². The number of amides is 1. The number of carbonyl (C=O) groups is 1. The number of nitrogens with zero attached hydrogens (tertiary/aromatic N) is 2. The lowest BCUT2D eigenvalue weighted by Gasteiger charge is -2.21. The van der Waals surface area contributed by atoms with E-state index in [1.54, 1.807) is 7.05 Å². The van der Waals surface area contributed by atoms with Gasteiger partial charge in [-0.3, -0.25) is 4.79 Å². The summed E-state index contributed by atoms with van der Waals surface area (Å²) in [4.78, 5) is 15.4. The normalized spacial score (nSPS) is 11.4. The van der Waals surface area contributed by atoms with E-state index in [-0.39, 0.29) is 11.8 Å². The van der Waals surface area contributed by atoms with Gasteiger partial charge in [-0.15, -0.1) is 0 Å². The zero-order valence-electron chi connectivity index (χ0n) is 18.4. The lowest BCUT2D eigenvalue weighted by Crippen LogP contribution is -2.26. The van der Waals surface area contributed by atoms with Crippen molar-refractivity contribution in [1.82, 2.24) is 14.8 Å². The molecule has 0 atom stereocenters. The van der Waals surface area contributed by atoms with E-state index in [1.807, 2.05) is 18.2 Å². The fraction of sp³-hybridized carbons (Fsp3) is 0.222. The molecule has 0 fully saturated rings. The third-order valence-corrected chi connectivity index (χ3v) is 5.78. The fourth-order valence-electron chi connectivity index (χ4n) is 4.33. The quantitative estimate of drug-likeness (QED) is 0.477. The molecule has 0 aliphatic rings. The van der Waals surface area contributed by atoms with Gasteiger partial charge in [0, 0.05) is 42.5 Å². The van der Waals surface area contributed by atoms with Crippen molar-refractivity contribution in [3.05, 3.63) is 107 Å². The fourth-order valence-corrected chi connectivity index (χ4v) is 4.33. The van der Waals surface area contributed by atoms with Crippen molar-refractivity contribution in [3.8, 4) is 0 Å². The largest absolute Gasteiger partial charge is 0.354 e. The second-order valence-electron chi connectivity index (χ2n) is 8.07. The minimum absolute atomic E-state index is 0.0415. The standard InChI is InChI=1S/C27H29N3O/c1-28-27(31)26-25(22-16-10-11-17-23(22)30(26)19-18-29(2)3)24(20-12-6-4-7-13-20)21-14-8-5-9-15-21/h4-17,24H,18-19H2,1-3H3,(H,28,31). The SMILES string of the molecule is CNC(=O)c1c(C(c2ccccc2)c2ccccc2)c2ccccc2n1CCN(C)C. The highest BCUT2D eigenvalue weighted by atomic mass is 16.1. The Morgan fingerprint density at radius 3 is 1.97 bits per heavy atom. The highest BCUT2D eigenvalue weighted by molar-refractivity contribution is 6.02. The van der Waals surface area contributed by atoms with E-state index >= 15 is 0 Å². The smallest absolute Gasteiger partial charge is 0.268 e. The molecule has 0 saturated heterocycles. The lowest BCUT2D eigenvalue weighted by atomic mass is 9.83. The van der Waals surface area contributed by atoms with Gasteiger partial charge in [0.25, 0.3) is 5.91 Å². The average Bonchev–Trinajstić information content (AvgIpc) is 3.13.